The molecule has 0 radical (unpaired) electrons. The summed E-state index contributed by atoms with van der Waals surface area (Å²) >= 11 is 0. The molecular formula is C11H13NO3. The molecule has 15 heavy (non-hydrogen) atoms. The fourth-order valence-electron chi connectivity index (χ4n) is 1.16. The Hall–Kier alpha value is -1.55. The molecule has 1 saturated heterocycles. The smallest absolute Gasteiger partial charge is 0.407 e. The lowest BCUT2D eigenvalue weighted by Crippen LogP contribution is -2.27. The van der Waals surface area contributed by atoms with Crippen LogP contribution in [0.2, 0.25) is 0 Å². The Morgan fingerprint density at radius 3 is 2.87 bits per heavy atom. The van der Waals surface area contributed by atoms with E-state index in [0.717, 1.165) is 12.2 Å². The summed E-state index contributed by atoms with van der Waals surface area (Å²) in [6, 6.07) is 9.58. The topological polar surface area (TPSA) is 50.9 Å². The molecule has 0 saturated carbocycles. The van der Waals surface area contributed by atoms with Gasteiger partial charge in [-0.05, 0) is 5.56 Å². The second-order valence-corrected chi connectivity index (χ2v) is 3.40. The number of alkyl carbamates (subject to hydrolysis) is 1. The van der Waals surface area contributed by atoms with Gasteiger partial charge in [0.15, 0.2) is 0 Å². The van der Waals surface area contributed by atoms with Crippen molar-refractivity contribution >= 4 is 6.09 Å². The van der Waals surface area contributed by atoms with Crippen molar-refractivity contribution in [3.63, 3.8) is 0 Å². The Balaban J connectivity index is 1.66. The van der Waals surface area contributed by atoms with E-state index in [2.05, 4.69) is 5.32 Å². The Labute approximate surface area is 88.2 Å². The first-order valence-electron chi connectivity index (χ1n) is 4.91. The second kappa shape index (κ2) is 4.79. The number of hydrogen-bond donors (Lipinski definition) is 1. The van der Waals surface area contributed by atoms with Gasteiger partial charge in [-0.1, -0.05) is 30.3 Å². The minimum absolute atomic E-state index is 0.189. The van der Waals surface area contributed by atoms with Crippen LogP contribution in [0.15, 0.2) is 30.3 Å². The van der Waals surface area contributed by atoms with Crippen LogP contribution in [0.3, 0.4) is 0 Å². The third kappa shape index (κ3) is 3.59. The van der Waals surface area contributed by atoms with E-state index < -0.39 is 6.09 Å². The van der Waals surface area contributed by atoms with Gasteiger partial charge in [-0.2, -0.15) is 0 Å². The Morgan fingerprint density at radius 2 is 2.20 bits per heavy atom. The average Bonchev–Trinajstić information content (AvgIpc) is 3.09. The summed E-state index contributed by atoms with van der Waals surface area (Å²) in [6.45, 7) is 1.57. The highest BCUT2D eigenvalue weighted by molar-refractivity contribution is 5.67. The molecule has 1 N–H and O–H groups in total. The van der Waals surface area contributed by atoms with Gasteiger partial charge in [-0.3, -0.25) is 0 Å². The van der Waals surface area contributed by atoms with Gasteiger partial charge in [0, 0.05) is 6.54 Å². The van der Waals surface area contributed by atoms with Crippen LogP contribution in [0.5, 0.6) is 0 Å². The van der Waals surface area contributed by atoms with Crippen LogP contribution in [0.25, 0.3) is 0 Å². The van der Waals surface area contributed by atoms with Crippen molar-refractivity contribution in [2.75, 3.05) is 13.2 Å². The van der Waals surface area contributed by atoms with Gasteiger partial charge in [0.25, 0.3) is 0 Å². The lowest BCUT2D eigenvalue weighted by molar-refractivity contribution is 0.139. The molecule has 80 valence electrons. The zero-order valence-corrected chi connectivity index (χ0v) is 8.31. The van der Waals surface area contributed by atoms with Crippen LogP contribution in [-0.4, -0.2) is 25.3 Å². The fraction of sp³-hybridized carbons (Fsp3) is 0.364. The Morgan fingerprint density at radius 1 is 1.47 bits per heavy atom. The summed E-state index contributed by atoms with van der Waals surface area (Å²) in [6.07, 6.45) is -0.205. The summed E-state index contributed by atoms with van der Waals surface area (Å²) < 4.78 is 9.95. The van der Waals surface area contributed by atoms with E-state index in [0.29, 0.717) is 13.2 Å². The number of benzene rings is 1. The number of rotatable bonds is 4. The molecule has 2 rings (SSSR count). The molecule has 1 amide bonds. The van der Waals surface area contributed by atoms with Crippen molar-refractivity contribution in [3.05, 3.63) is 35.9 Å². The third-order valence-corrected chi connectivity index (χ3v) is 2.09. The summed E-state index contributed by atoms with van der Waals surface area (Å²) in [5, 5.41) is 2.63. The fourth-order valence-corrected chi connectivity index (χ4v) is 1.16. The van der Waals surface area contributed by atoms with Crippen LogP contribution in [-0.2, 0) is 16.1 Å². The molecule has 1 aromatic carbocycles. The number of nitrogens with one attached hydrogen (secondary N) is 1. The number of ether oxygens (including phenoxy) is 2. The number of carbonyl (C=O) groups is 1. The summed E-state index contributed by atoms with van der Waals surface area (Å²) in [5.74, 6) is 0. The zero-order chi connectivity index (χ0) is 10.5. The van der Waals surface area contributed by atoms with Gasteiger partial charge in [0.05, 0.1) is 12.7 Å². The zero-order valence-electron chi connectivity index (χ0n) is 8.31. The minimum Gasteiger partial charge on any atom is -0.445 e. The number of amides is 1. The van der Waals surface area contributed by atoms with E-state index in [4.69, 9.17) is 9.47 Å². The predicted octanol–water partition coefficient (Wildman–Crippen LogP) is 1.31. The lowest BCUT2D eigenvalue weighted by Gasteiger charge is -2.05. The van der Waals surface area contributed by atoms with Gasteiger partial charge < -0.3 is 14.8 Å². The number of carbonyl (C=O) groups excluding carboxylic acids is 1. The third-order valence-electron chi connectivity index (χ3n) is 2.09. The molecule has 4 nitrogen and oxygen atoms in total. The summed E-state index contributed by atoms with van der Waals surface area (Å²) in [4.78, 5) is 11.2. The van der Waals surface area contributed by atoms with Crippen molar-refractivity contribution in [1.82, 2.24) is 5.32 Å². The highest BCUT2D eigenvalue weighted by atomic mass is 16.6. The van der Waals surface area contributed by atoms with Crippen molar-refractivity contribution in [3.8, 4) is 0 Å². The molecule has 0 aromatic heterocycles. The maximum Gasteiger partial charge on any atom is 0.407 e. The second-order valence-electron chi connectivity index (χ2n) is 3.40. The Kier molecular flexibility index (Phi) is 3.19. The van der Waals surface area contributed by atoms with Gasteiger partial charge in [0.2, 0.25) is 0 Å². The molecule has 0 bridgehead atoms. The minimum atomic E-state index is -0.394. The van der Waals surface area contributed by atoms with Gasteiger partial charge >= 0.3 is 6.09 Å². The molecule has 1 aromatic rings. The molecule has 1 aliphatic rings. The molecule has 0 spiro atoms. The monoisotopic (exact) mass is 207 g/mol. The molecule has 0 aliphatic carbocycles. The van der Waals surface area contributed by atoms with Crippen molar-refractivity contribution in [2.45, 2.75) is 12.7 Å². The van der Waals surface area contributed by atoms with Crippen LogP contribution in [0, 0.1) is 0 Å². The van der Waals surface area contributed by atoms with E-state index >= 15 is 0 Å². The standard InChI is InChI=1S/C11H13NO3/c13-11(12-6-10-8-14-10)15-7-9-4-2-1-3-5-9/h1-5,10H,6-8H2,(H,12,13)/t10-/m0/s1. The summed E-state index contributed by atoms with van der Waals surface area (Å²) in [5.41, 5.74) is 0.982. The van der Waals surface area contributed by atoms with Gasteiger partial charge in [-0.25, -0.2) is 4.79 Å². The van der Waals surface area contributed by atoms with Crippen molar-refractivity contribution in [2.24, 2.45) is 0 Å². The van der Waals surface area contributed by atoms with E-state index in [1.54, 1.807) is 0 Å². The molecule has 0 unspecified atom stereocenters. The molecule has 1 heterocycles. The lowest BCUT2D eigenvalue weighted by atomic mass is 10.2. The average molecular weight is 207 g/mol. The van der Waals surface area contributed by atoms with Crippen molar-refractivity contribution in [1.29, 1.82) is 0 Å². The Bertz CT molecular complexity index is 322. The first-order valence-corrected chi connectivity index (χ1v) is 4.91. The van der Waals surface area contributed by atoms with E-state index in [1.165, 1.54) is 0 Å². The van der Waals surface area contributed by atoms with Crippen molar-refractivity contribution < 1.29 is 14.3 Å². The molecule has 1 aliphatic heterocycles. The molecule has 4 heteroatoms. The quantitative estimate of drug-likeness (QED) is 0.757. The normalized spacial score (nSPS) is 18.3. The number of epoxide rings is 1. The molecule has 1 atom stereocenters. The van der Waals surface area contributed by atoms with E-state index in [9.17, 15) is 4.79 Å². The molecular weight excluding hydrogens is 194 g/mol. The van der Waals surface area contributed by atoms with E-state index in [-0.39, 0.29) is 6.10 Å². The van der Waals surface area contributed by atoms with Crippen LogP contribution in [0.4, 0.5) is 4.79 Å². The van der Waals surface area contributed by atoms with Crippen LogP contribution < -0.4 is 5.32 Å². The maximum absolute atomic E-state index is 11.2. The summed E-state index contributed by atoms with van der Waals surface area (Å²) in [7, 11) is 0. The highest BCUT2D eigenvalue weighted by Crippen LogP contribution is 2.06. The predicted molar refractivity (Wildman–Crippen MR) is 54.4 cm³/mol. The van der Waals surface area contributed by atoms with Gasteiger partial charge in [0.1, 0.15) is 6.61 Å². The first-order chi connectivity index (χ1) is 7.34. The highest BCUT2D eigenvalue weighted by Gasteiger charge is 2.22. The first kappa shape index (κ1) is 9.98. The SMILES string of the molecule is O=C(NC[C@H]1CO1)OCc1ccccc1. The van der Waals surface area contributed by atoms with Crippen LogP contribution >= 0.6 is 0 Å². The van der Waals surface area contributed by atoms with Gasteiger partial charge in [-0.15, -0.1) is 0 Å². The van der Waals surface area contributed by atoms with E-state index in [1.807, 2.05) is 30.3 Å². The number of hydrogen-bond acceptors (Lipinski definition) is 3. The maximum atomic E-state index is 11.2. The molecule has 1 fully saturated rings. The largest absolute Gasteiger partial charge is 0.445 e. The van der Waals surface area contributed by atoms with Crippen LogP contribution in [0.1, 0.15) is 5.56 Å².